The highest BCUT2D eigenvalue weighted by molar-refractivity contribution is 6.39. The molecule has 1 fully saturated rings. The van der Waals surface area contributed by atoms with Crippen molar-refractivity contribution in [3.63, 3.8) is 0 Å². The molecule has 3 heterocycles. The van der Waals surface area contributed by atoms with Crippen LogP contribution in [-0.4, -0.2) is 52.6 Å². The van der Waals surface area contributed by atoms with Gasteiger partial charge in [0.1, 0.15) is 11.4 Å². The Morgan fingerprint density at radius 1 is 1.21 bits per heavy atom. The molecule has 1 saturated heterocycles. The first-order chi connectivity index (χ1) is 14.1. The second-order valence-corrected chi connectivity index (χ2v) is 7.70. The summed E-state index contributed by atoms with van der Waals surface area (Å²) < 4.78 is 0. The molecule has 0 aliphatic carbocycles. The van der Waals surface area contributed by atoms with Gasteiger partial charge in [-0.05, 0) is 23.6 Å². The van der Waals surface area contributed by atoms with Crippen LogP contribution in [0.3, 0.4) is 0 Å². The van der Waals surface area contributed by atoms with Gasteiger partial charge in [-0.15, -0.1) is 0 Å². The van der Waals surface area contributed by atoms with E-state index in [9.17, 15) is 9.59 Å². The number of nitrogens with one attached hydrogen (secondary N) is 1. The minimum Gasteiger partial charge on any atom is -0.386 e. The molecule has 4 rings (SSSR count). The number of oxime groups is 1. The maximum atomic E-state index is 12.6. The van der Waals surface area contributed by atoms with Crippen LogP contribution in [0.25, 0.3) is 0 Å². The molecule has 1 aromatic carbocycles. The monoisotopic (exact) mass is 392 g/mol. The zero-order valence-electron chi connectivity index (χ0n) is 16.4. The minimum absolute atomic E-state index is 0.124. The number of aromatic nitrogens is 1. The van der Waals surface area contributed by atoms with Crippen molar-refractivity contribution in [3.8, 4) is 0 Å². The van der Waals surface area contributed by atoms with Crippen LogP contribution in [-0.2, 0) is 9.63 Å². The van der Waals surface area contributed by atoms with E-state index in [0.717, 1.165) is 0 Å². The van der Waals surface area contributed by atoms with Gasteiger partial charge in [0.2, 0.25) is 0 Å². The number of pyridine rings is 1. The molecule has 0 radical (unpaired) electrons. The van der Waals surface area contributed by atoms with Gasteiger partial charge in [-0.25, -0.2) is 0 Å². The topological polar surface area (TPSA) is 83.9 Å². The highest BCUT2D eigenvalue weighted by Gasteiger charge is 2.48. The standard InChI is InChI=1S/C22H24N4O3/c1-16(17-7-3-2-4-8-17)14-24-20(27)19-13-22(29-25-19)10-12-26(15-22)21(28)18-9-5-6-11-23-18/h2-9,11,16H,10,12-15H2,1H3,(H,24,27)/t16-,22-/m1/s1. The van der Waals surface area contributed by atoms with Crippen molar-refractivity contribution in [3.05, 3.63) is 66.0 Å². The van der Waals surface area contributed by atoms with Crippen LogP contribution >= 0.6 is 0 Å². The largest absolute Gasteiger partial charge is 0.386 e. The number of nitrogens with zero attached hydrogens (tertiary/aromatic N) is 3. The molecule has 2 aliphatic rings. The van der Waals surface area contributed by atoms with Gasteiger partial charge < -0.3 is 15.1 Å². The number of hydrogen-bond donors (Lipinski definition) is 1. The molecule has 0 unspecified atom stereocenters. The molecule has 0 saturated carbocycles. The Morgan fingerprint density at radius 3 is 2.76 bits per heavy atom. The van der Waals surface area contributed by atoms with Gasteiger partial charge in [-0.1, -0.05) is 48.5 Å². The van der Waals surface area contributed by atoms with Crippen LogP contribution in [0.4, 0.5) is 0 Å². The maximum Gasteiger partial charge on any atom is 0.272 e. The zero-order valence-corrected chi connectivity index (χ0v) is 16.4. The molecule has 1 N–H and O–H groups in total. The molecule has 2 aliphatic heterocycles. The van der Waals surface area contributed by atoms with E-state index in [-0.39, 0.29) is 17.7 Å². The summed E-state index contributed by atoms with van der Waals surface area (Å²) in [6, 6.07) is 15.3. The molecule has 1 spiro atoms. The molecule has 7 heteroatoms. The fourth-order valence-electron chi connectivity index (χ4n) is 3.78. The fourth-order valence-corrected chi connectivity index (χ4v) is 3.78. The molecule has 2 amide bonds. The number of benzene rings is 1. The highest BCUT2D eigenvalue weighted by atomic mass is 16.7. The van der Waals surface area contributed by atoms with Crippen molar-refractivity contribution in [2.75, 3.05) is 19.6 Å². The van der Waals surface area contributed by atoms with Crippen LogP contribution < -0.4 is 5.32 Å². The lowest BCUT2D eigenvalue weighted by molar-refractivity contribution is -0.115. The Morgan fingerprint density at radius 2 is 2.00 bits per heavy atom. The molecule has 0 bridgehead atoms. The predicted octanol–water partition coefficient (Wildman–Crippen LogP) is 2.36. The average molecular weight is 392 g/mol. The quantitative estimate of drug-likeness (QED) is 0.847. The second-order valence-electron chi connectivity index (χ2n) is 7.70. The zero-order chi connectivity index (χ0) is 20.3. The molecule has 150 valence electrons. The summed E-state index contributed by atoms with van der Waals surface area (Å²) in [5.41, 5.74) is 1.37. The summed E-state index contributed by atoms with van der Waals surface area (Å²) in [4.78, 5) is 36.6. The first kappa shape index (κ1) is 19.1. The second kappa shape index (κ2) is 8.03. The lowest BCUT2D eigenvalue weighted by atomic mass is 9.96. The molecular weight excluding hydrogens is 368 g/mol. The predicted molar refractivity (Wildman–Crippen MR) is 108 cm³/mol. The molecule has 7 nitrogen and oxygen atoms in total. The van der Waals surface area contributed by atoms with Gasteiger partial charge in [0.25, 0.3) is 11.8 Å². The van der Waals surface area contributed by atoms with Crippen molar-refractivity contribution >= 4 is 17.5 Å². The van der Waals surface area contributed by atoms with Gasteiger partial charge in [0.15, 0.2) is 5.60 Å². The smallest absolute Gasteiger partial charge is 0.272 e. The van der Waals surface area contributed by atoms with Gasteiger partial charge in [-0.3, -0.25) is 14.6 Å². The summed E-state index contributed by atoms with van der Waals surface area (Å²) in [6.07, 6.45) is 2.66. The van der Waals surface area contributed by atoms with Gasteiger partial charge in [0.05, 0.1) is 6.54 Å². The van der Waals surface area contributed by atoms with E-state index in [1.165, 1.54) is 5.56 Å². The van der Waals surface area contributed by atoms with Gasteiger partial charge in [0, 0.05) is 32.1 Å². The summed E-state index contributed by atoms with van der Waals surface area (Å²) >= 11 is 0. The lowest BCUT2D eigenvalue weighted by Gasteiger charge is -2.21. The summed E-state index contributed by atoms with van der Waals surface area (Å²) in [5, 5.41) is 6.99. The van der Waals surface area contributed by atoms with Gasteiger partial charge in [-0.2, -0.15) is 0 Å². The van der Waals surface area contributed by atoms with Crippen molar-refractivity contribution in [2.24, 2.45) is 5.16 Å². The van der Waals surface area contributed by atoms with E-state index in [4.69, 9.17) is 4.84 Å². The Kier molecular flexibility index (Phi) is 5.29. The van der Waals surface area contributed by atoms with E-state index in [2.05, 4.69) is 22.4 Å². The highest BCUT2D eigenvalue weighted by Crippen LogP contribution is 2.34. The van der Waals surface area contributed by atoms with Crippen LogP contribution in [0.2, 0.25) is 0 Å². The van der Waals surface area contributed by atoms with Crippen LogP contribution in [0.1, 0.15) is 41.7 Å². The van der Waals surface area contributed by atoms with Crippen LogP contribution in [0.15, 0.2) is 59.9 Å². The van der Waals surface area contributed by atoms with E-state index >= 15 is 0 Å². The normalized spacial score (nSPS) is 21.6. The van der Waals surface area contributed by atoms with E-state index in [0.29, 0.717) is 43.9 Å². The molecule has 2 aromatic rings. The Labute approximate surface area is 169 Å². The summed E-state index contributed by atoms with van der Waals surface area (Å²) in [6.45, 7) is 3.56. The number of hydrogen-bond acceptors (Lipinski definition) is 5. The van der Waals surface area contributed by atoms with E-state index in [1.807, 2.05) is 30.3 Å². The first-order valence-corrected chi connectivity index (χ1v) is 9.85. The third-order valence-electron chi connectivity index (χ3n) is 5.53. The molecule has 2 atom stereocenters. The van der Waals surface area contributed by atoms with Crippen molar-refractivity contribution in [2.45, 2.75) is 31.3 Å². The average Bonchev–Trinajstić information content (AvgIpc) is 3.39. The number of likely N-dealkylation sites (tertiary alicyclic amines) is 1. The molecule has 1 aromatic heterocycles. The molecular formula is C22H24N4O3. The van der Waals surface area contributed by atoms with Gasteiger partial charge >= 0.3 is 0 Å². The molecule has 29 heavy (non-hydrogen) atoms. The number of carbonyl (C=O) groups excluding carboxylic acids is 2. The number of amides is 2. The minimum atomic E-state index is -0.609. The Bertz CT molecular complexity index is 916. The maximum absolute atomic E-state index is 12.6. The third kappa shape index (κ3) is 4.13. The number of carbonyl (C=O) groups is 2. The van der Waals surface area contributed by atoms with Crippen LogP contribution in [0.5, 0.6) is 0 Å². The number of rotatable bonds is 5. The van der Waals surface area contributed by atoms with E-state index < -0.39 is 5.60 Å². The van der Waals surface area contributed by atoms with Crippen molar-refractivity contribution in [1.82, 2.24) is 15.2 Å². The van der Waals surface area contributed by atoms with E-state index in [1.54, 1.807) is 29.3 Å². The SMILES string of the molecule is C[C@H](CNC(=O)C1=NO[C@]2(CCN(C(=O)c3ccccn3)C2)C1)c1ccccc1. The Balaban J connectivity index is 1.30. The summed E-state index contributed by atoms with van der Waals surface area (Å²) in [5.74, 6) is -0.130. The Hall–Kier alpha value is -3.22. The summed E-state index contributed by atoms with van der Waals surface area (Å²) in [7, 11) is 0. The third-order valence-corrected chi connectivity index (χ3v) is 5.53. The lowest BCUT2D eigenvalue weighted by Crippen LogP contribution is -2.39. The van der Waals surface area contributed by atoms with Crippen molar-refractivity contribution in [1.29, 1.82) is 0 Å². The van der Waals surface area contributed by atoms with Crippen molar-refractivity contribution < 1.29 is 14.4 Å². The fraction of sp³-hybridized carbons (Fsp3) is 0.364. The van der Waals surface area contributed by atoms with Crippen LogP contribution in [0, 0.1) is 0 Å². The first-order valence-electron chi connectivity index (χ1n) is 9.85.